The lowest BCUT2D eigenvalue weighted by atomic mass is 10.1. The van der Waals surface area contributed by atoms with Gasteiger partial charge in [-0.25, -0.2) is 4.79 Å². The molecule has 138 valence electrons. The normalized spacial score (nSPS) is 16.4. The Morgan fingerprint density at radius 2 is 1.96 bits per heavy atom. The van der Waals surface area contributed by atoms with Crippen LogP contribution in [0.5, 0.6) is 5.75 Å². The van der Waals surface area contributed by atoms with Crippen LogP contribution in [-0.2, 0) is 19.1 Å². The highest BCUT2D eigenvalue weighted by Gasteiger charge is 2.17. The van der Waals surface area contributed by atoms with Crippen LogP contribution in [-0.4, -0.2) is 44.3 Å². The van der Waals surface area contributed by atoms with Crippen LogP contribution in [0.25, 0.3) is 10.8 Å². The van der Waals surface area contributed by atoms with Crippen molar-refractivity contribution in [3.05, 3.63) is 41.4 Å². The van der Waals surface area contributed by atoms with Gasteiger partial charge in [0, 0.05) is 28.9 Å². The second-order valence-corrected chi connectivity index (χ2v) is 6.39. The smallest absolute Gasteiger partial charge is 0.344 e. The SMILES string of the molecule is O=C(COC(=O)COc1ccc(Cl)c2ccccc12)NC[C@H]1CCCO1. The van der Waals surface area contributed by atoms with Gasteiger partial charge < -0.3 is 19.5 Å². The molecule has 0 radical (unpaired) electrons. The van der Waals surface area contributed by atoms with E-state index in [0.29, 0.717) is 17.3 Å². The van der Waals surface area contributed by atoms with Crippen LogP contribution in [0.1, 0.15) is 12.8 Å². The summed E-state index contributed by atoms with van der Waals surface area (Å²) in [5, 5.41) is 4.95. The van der Waals surface area contributed by atoms with Crippen LogP contribution in [0.3, 0.4) is 0 Å². The second-order valence-electron chi connectivity index (χ2n) is 5.98. The number of carbonyl (C=O) groups excluding carboxylic acids is 2. The number of carbonyl (C=O) groups is 2. The molecule has 1 aliphatic rings. The molecule has 3 rings (SSSR count). The van der Waals surface area contributed by atoms with E-state index in [1.54, 1.807) is 12.1 Å². The topological polar surface area (TPSA) is 73.9 Å². The molecule has 2 aromatic carbocycles. The lowest BCUT2D eigenvalue weighted by Crippen LogP contribution is -2.35. The first-order chi connectivity index (χ1) is 12.6. The largest absolute Gasteiger partial charge is 0.481 e. The maximum absolute atomic E-state index is 11.8. The van der Waals surface area contributed by atoms with Crippen molar-refractivity contribution in [3.8, 4) is 5.75 Å². The van der Waals surface area contributed by atoms with Gasteiger partial charge in [-0.15, -0.1) is 0 Å². The van der Waals surface area contributed by atoms with E-state index in [2.05, 4.69) is 5.32 Å². The Morgan fingerprint density at radius 3 is 2.73 bits per heavy atom. The van der Waals surface area contributed by atoms with Crippen molar-refractivity contribution in [3.63, 3.8) is 0 Å². The van der Waals surface area contributed by atoms with Crippen molar-refractivity contribution in [2.45, 2.75) is 18.9 Å². The Morgan fingerprint density at radius 1 is 1.15 bits per heavy atom. The predicted octanol–water partition coefficient (Wildman–Crippen LogP) is 2.71. The number of halogens is 1. The van der Waals surface area contributed by atoms with Gasteiger partial charge in [-0.1, -0.05) is 35.9 Å². The van der Waals surface area contributed by atoms with Crippen molar-refractivity contribution in [1.82, 2.24) is 5.32 Å². The Bertz CT molecular complexity index is 789. The van der Waals surface area contributed by atoms with E-state index in [0.717, 1.165) is 30.2 Å². The van der Waals surface area contributed by atoms with Gasteiger partial charge in [-0.2, -0.15) is 0 Å². The predicted molar refractivity (Wildman–Crippen MR) is 97.4 cm³/mol. The zero-order chi connectivity index (χ0) is 18.4. The van der Waals surface area contributed by atoms with Crippen LogP contribution in [0.4, 0.5) is 0 Å². The van der Waals surface area contributed by atoms with Gasteiger partial charge in [0.05, 0.1) is 6.10 Å². The zero-order valence-corrected chi connectivity index (χ0v) is 15.0. The standard InChI is InChI=1S/C19H20ClNO5/c20-16-7-8-17(15-6-2-1-5-14(15)16)25-12-19(23)26-11-18(22)21-10-13-4-3-9-24-13/h1-2,5-8,13H,3-4,9-12H2,(H,21,22)/t13-/m1/s1. The fourth-order valence-electron chi connectivity index (χ4n) is 2.77. The lowest BCUT2D eigenvalue weighted by Gasteiger charge is -2.12. The molecule has 1 saturated heterocycles. The molecule has 1 heterocycles. The van der Waals surface area contributed by atoms with Gasteiger partial charge in [0.25, 0.3) is 5.91 Å². The number of amides is 1. The van der Waals surface area contributed by atoms with E-state index >= 15 is 0 Å². The van der Waals surface area contributed by atoms with Gasteiger partial charge in [0.15, 0.2) is 13.2 Å². The van der Waals surface area contributed by atoms with Crippen LogP contribution >= 0.6 is 11.6 Å². The molecule has 1 fully saturated rings. The maximum Gasteiger partial charge on any atom is 0.344 e. The van der Waals surface area contributed by atoms with E-state index in [4.69, 9.17) is 25.8 Å². The minimum atomic E-state index is -0.615. The summed E-state index contributed by atoms with van der Waals surface area (Å²) in [5.41, 5.74) is 0. The van der Waals surface area contributed by atoms with E-state index in [-0.39, 0.29) is 25.2 Å². The number of esters is 1. The lowest BCUT2D eigenvalue weighted by molar-refractivity contribution is -0.150. The summed E-state index contributed by atoms with van der Waals surface area (Å²) in [5.74, 6) is -0.438. The van der Waals surface area contributed by atoms with Crippen LogP contribution in [0.15, 0.2) is 36.4 Å². The van der Waals surface area contributed by atoms with Gasteiger partial charge in [-0.3, -0.25) is 4.79 Å². The highest BCUT2D eigenvalue weighted by molar-refractivity contribution is 6.35. The third-order valence-corrected chi connectivity index (χ3v) is 4.42. The Hall–Kier alpha value is -2.31. The number of ether oxygens (including phenoxy) is 3. The maximum atomic E-state index is 11.8. The monoisotopic (exact) mass is 377 g/mol. The number of fused-ring (bicyclic) bond motifs is 1. The molecular weight excluding hydrogens is 358 g/mol. The molecule has 7 heteroatoms. The van der Waals surface area contributed by atoms with E-state index < -0.39 is 5.97 Å². The number of benzene rings is 2. The molecule has 0 spiro atoms. The van der Waals surface area contributed by atoms with Crippen LogP contribution in [0, 0.1) is 0 Å². The summed E-state index contributed by atoms with van der Waals surface area (Å²) in [6, 6.07) is 10.9. The van der Waals surface area contributed by atoms with Gasteiger partial charge in [0.2, 0.25) is 0 Å². The number of rotatable bonds is 7. The van der Waals surface area contributed by atoms with E-state index in [1.165, 1.54) is 0 Å². The highest BCUT2D eigenvalue weighted by atomic mass is 35.5. The quantitative estimate of drug-likeness (QED) is 0.751. The molecule has 0 unspecified atom stereocenters. The minimum absolute atomic E-state index is 0.0520. The van der Waals surface area contributed by atoms with Crippen molar-refractivity contribution >= 4 is 34.2 Å². The van der Waals surface area contributed by atoms with E-state index in [1.807, 2.05) is 24.3 Å². The highest BCUT2D eigenvalue weighted by Crippen LogP contribution is 2.31. The molecule has 0 saturated carbocycles. The molecular formula is C19H20ClNO5. The van der Waals surface area contributed by atoms with Crippen LogP contribution < -0.4 is 10.1 Å². The Balaban J connectivity index is 1.44. The fraction of sp³-hybridized carbons (Fsp3) is 0.368. The Labute approximate surface area is 156 Å². The summed E-state index contributed by atoms with van der Waals surface area (Å²) in [7, 11) is 0. The number of nitrogens with one attached hydrogen (secondary N) is 1. The third kappa shape index (κ3) is 4.86. The molecule has 6 nitrogen and oxygen atoms in total. The number of hydrogen-bond donors (Lipinski definition) is 1. The molecule has 1 N–H and O–H groups in total. The molecule has 26 heavy (non-hydrogen) atoms. The first-order valence-electron chi connectivity index (χ1n) is 8.47. The molecule has 1 aliphatic heterocycles. The number of hydrogen-bond acceptors (Lipinski definition) is 5. The van der Waals surface area contributed by atoms with Gasteiger partial charge >= 0.3 is 5.97 Å². The zero-order valence-electron chi connectivity index (χ0n) is 14.2. The molecule has 0 aliphatic carbocycles. The first kappa shape index (κ1) is 18.5. The van der Waals surface area contributed by atoms with Crippen molar-refractivity contribution in [1.29, 1.82) is 0 Å². The fourth-order valence-corrected chi connectivity index (χ4v) is 3.00. The van der Waals surface area contributed by atoms with Crippen molar-refractivity contribution < 1.29 is 23.8 Å². The van der Waals surface area contributed by atoms with E-state index in [9.17, 15) is 9.59 Å². The van der Waals surface area contributed by atoms with Gasteiger partial charge in [-0.05, 0) is 25.0 Å². The summed E-state index contributed by atoms with van der Waals surface area (Å²) < 4.78 is 15.9. The minimum Gasteiger partial charge on any atom is -0.481 e. The second kappa shape index (κ2) is 8.87. The Kier molecular flexibility index (Phi) is 6.30. The van der Waals surface area contributed by atoms with Gasteiger partial charge in [0.1, 0.15) is 5.75 Å². The third-order valence-electron chi connectivity index (χ3n) is 4.09. The summed E-state index contributed by atoms with van der Waals surface area (Å²) >= 11 is 6.15. The van der Waals surface area contributed by atoms with Crippen molar-refractivity contribution in [2.75, 3.05) is 26.4 Å². The summed E-state index contributed by atoms with van der Waals surface area (Å²) in [4.78, 5) is 23.5. The molecule has 0 aromatic heterocycles. The average molecular weight is 378 g/mol. The van der Waals surface area contributed by atoms with Crippen LogP contribution in [0.2, 0.25) is 5.02 Å². The van der Waals surface area contributed by atoms with Crippen molar-refractivity contribution in [2.24, 2.45) is 0 Å². The molecule has 1 amide bonds. The first-order valence-corrected chi connectivity index (χ1v) is 8.85. The summed E-state index contributed by atoms with van der Waals surface area (Å²) in [6.07, 6.45) is 1.99. The summed E-state index contributed by atoms with van der Waals surface area (Å²) in [6.45, 7) is 0.539. The molecule has 2 aromatic rings. The molecule has 0 bridgehead atoms. The molecule has 1 atom stereocenters. The average Bonchev–Trinajstić information content (AvgIpc) is 3.18.